The van der Waals surface area contributed by atoms with Crippen molar-refractivity contribution in [1.82, 2.24) is 10.4 Å². The summed E-state index contributed by atoms with van der Waals surface area (Å²) in [6, 6.07) is 11.2. The number of benzene rings is 1. The summed E-state index contributed by atoms with van der Waals surface area (Å²) < 4.78 is 5.83. The quantitative estimate of drug-likeness (QED) is 0.573. The molecular formula is C15H14ClN3O. The lowest BCUT2D eigenvalue weighted by molar-refractivity contribution is 0.471. The summed E-state index contributed by atoms with van der Waals surface area (Å²) in [5.74, 6) is 6.35. The van der Waals surface area contributed by atoms with Crippen LogP contribution in [0.3, 0.4) is 0 Å². The lowest BCUT2D eigenvalue weighted by Gasteiger charge is -2.12. The summed E-state index contributed by atoms with van der Waals surface area (Å²) in [6.45, 7) is 2.01. The van der Waals surface area contributed by atoms with E-state index < -0.39 is 0 Å². The summed E-state index contributed by atoms with van der Waals surface area (Å²) in [4.78, 5) is 4.34. The topological polar surface area (TPSA) is 64.1 Å². The van der Waals surface area contributed by atoms with E-state index in [0.717, 1.165) is 16.6 Å². The van der Waals surface area contributed by atoms with E-state index in [1.165, 1.54) is 0 Å². The maximum absolute atomic E-state index is 6.13. The van der Waals surface area contributed by atoms with Crippen molar-refractivity contribution in [3.8, 4) is 0 Å². The smallest absolute Gasteiger partial charge is 0.152 e. The van der Waals surface area contributed by atoms with Crippen LogP contribution in [0.15, 0.2) is 47.0 Å². The molecule has 2 heterocycles. The van der Waals surface area contributed by atoms with Crippen molar-refractivity contribution >= 4 is 22.6 Å². The van der Waals surface area contributed by atoms with Crippen LogP contribution in [0.25, 0.3) is 11.0 Å². The second-order valence-electron chi connectivity index (χ2n) is 4.66. The van der Waals surface area contributed by atoms with Gasteiger partial charge in [0.2, 0.25) is 0 Å². The van der Waals surface area contributed by atoms with Gasteiger partial charge in [0.05, 0.1) is 10.7 Å². The first-order valence-electron chi connectivity index (χ1n) is 6.25. The van der Waals surface area contributed by atoms with E-state index in [9.17, 15) is 0 Å². The van der Waals surface area contributed by atoms with Gasteiger partial charge in [-0.1, -0.05) is 23.7 Å². The molecule has 1 unspecified atom stereocenters. The molecule has 0 aliphatic rings. The van der Waals surface area contributed by atoms with Crippen molar-refractivity contribution in [2.45, 2.75) is 13.0 Å². The summed E-state index contributed by atoms with van der Waals surface area (Å²) in [5, 5.41) is 1.53. The first-order chi connectivity index (χ1) is 9.69. The maximum atomic E-state index is 6.13. The molecule has 2 aromatic heterocycles. The zero-order valence-electron chi connectivity index (χ0n) is 10.9. The second-order valence-corrected chi connectivity index (χ2v) is 5.07. The Kier molecular flexibility index (Phi) is 3.44. The van der Waals surface area contributed by atoms with Gasteiger partial charge in [-0.2, -0.15) is 0 Å². The number of fused-ring (bicyclic) bond motifs is 1. The third-order valence-electron chi connectivity index (χ3n) is 3.20. The lowest BCUT2D eigenvalue weighted by Crippen LogP contribution is -2.29. The number of aryl methyl sites for hydroxylation is 1. The Morgan fingerprint density at radius 1 is 1.30 bits per heavy atom. The van der Waals surface area contributed by atoms with Gasteiger partial charge in [-0.25, -0.2) is 5.43 Å². The van der Waals surface area contributed by atoms with Gasteiger partial charge in [0, 0.05) is 11.6 Å². The summed E-state index contributed by atoms with van der Waals surface area (Å²) >= 11 is 6.13. The monoisotopic (exact) mass is 287 g/mol. The summed E-state index contributed by atoms with van der Waals surface area (Å²) in [5.41, 5.74) is 5.33. The number of nitrogens with one attached hydrogen (secondary N) is 1. The van der Waals surface area contributed by atoms with E-state index in [1.807, 2.05) is 37.3 Å². The molecule has 5 heteroatoms. The van der Waals surface area contributed by atoms with Crippen LogP contribution in [-0.2, 0) is 0 Å². The fraction of sp³-hybridized carbons (Fsp3) is 0.133. The molecule has 1 aromatic carbocycles. The van der Waals surface area contributed by atoms with Crippen molar-refractivity contribution < 1.29 is 4.42 Å². The van der Waals surface area contributed by atoms with Gasteiger partial charge >= 0.3 is 0 Å². The number of nitrogens with zero attached hydrogens (tertiary/aromatic N) is 1. The Morgan fingerprint density at radius 2 is 2.15 bits per heavy atom. The molecule has 3 N–H and O–H groups in total. The third-order valence-corrected chi connectivity index (χ3v) is 3.50. The number of para-hydroxylation sites is 1. The largest absolute Gasteiger partial charge is 0.457 e. The average molecular weight is 288 g/mol. The molecule has 0 saturated heterocycles. The maximum Gasteiger partial charge on any atom is 0.152 e. The number of hydrogen-bond acceptors (Lipinski definition) is 4. The van der Waals surface area contributed by atoms with Gasteiger partial charge in [-0.3, -0.25) is 10.8 Å². The van der Waals surface area contributed by atoms with Crippen molar-refractivity contribution in [2.24, 2.45) is 5.84 Å². The van der Waals surface area contributed by atoms with Crippen LogP contribution in [0, 0.1) is 6.92 Å². The SMILES string of the molecule is Cc1ccnc(C(NN)c2cc3cccc(Cl)c3o2)c1. The molecule has 0 spiro atoms. The predicted octanol–water partition coefficient (Wildman–Crippen LogP) is 3.34. The minimum atomic E-state index is -0.307. The summed E-state index contributed by atoms with van der Waals surface area (Å²) in [7, 11) is 0. The molecule has 20 heavy (non-hydrogen) atoms. The Hall–Kier alpha value is -1.88. The average Bonchev–Trinajstić information content (AvgIpc) is 2.85. The van der Waals surface area contributed by atoms with Crippen molar-refractivity contribution in [2.75, 3.05) is 0 Å². The molecule has 0 saturated carbocycles. The van der Waals surface area contributed by atoms with Crippen LogP contribution in [-0.4, -0.2) is 4.98 Å². The number of furan rings is 1. The molecule has 0 aliphatic heterocycles. The van der Waals surface area contributed by atoms with E-state index in [1.54, 1.807) is 12.3 Å². The van der Waals surface area contributed by atoms with E-state index in [4.69, 9.17) is 21.9 Å². The van der Waals surface area contributed by atoms with E-state index in [0.29, 0.717) is 16.4 Å². The third kappa shape index (κ3) is 2.29. The molecule has 0 radical (unpaired) electrons. The molecule has 102 valence electrons. The number of nitrogens with two attached hydrogens (primary N) is 1. The van der Waals surface area contributed by atoms with Crippen LogP contribution < -0.4 is 11.3 Å². The molecular weight excluding hydrogens is 274 g/mol. The summed E-state index contributed by atoms with van der Waals surface area (Å²) in [6.07, 6.45) is 1.75. The molecule has 0 aliphatic carbocycles. The number of halogens is 1. The number of hydrogen-bond donors (Lipinski definition) is 2. The highest BCUT2D eigenvalue weighted by atomic mass is 35.5. The number of hydrazine groups is 1. The highest BCUT2D eigenvalue weighted by Gasteiger charge is 2.19. The first kappa shape index (κ1) is 13.1. The Labute approximate surface area is 121 Å². The van der Waals surface area contributed by atoms with E-state index in [2.05, 4.69) is 10.4 Å². The second kappa shape index (κ2) is 5.25. The zero-order valence-corrected chi connectivity index (χ0v) is 11.7. The molecule has 0 bridgehead atoms. The van der Waals surface area contributed by atoms with Crippen molar-refractivity contribution in [3.63, 3.8) is 0 Å². The van der Waals surface area contributed by atoms with Gasteiger partial charge in [0.15, 0.2) is 5.58 Å². The van der Waals surface area contributed by atoms with Crippen LogP contribution in [0.1, 0.15) is 23.1 Å². The molecule has 1 atom stereocenters. The Balaban J connectivity index is 2.09. The van der Waals surface area contributed by atoms with Crippen molar-refractivity contribution in [3.05, 3.63) is 64.6 Å². The van der Waals surface area contributed by atoms with Crippen molar-refractivity contribution in [1.29, 1.82) is 0 Å². The van der Waals surface area contributed by atoms with Crippen LogP contribution in [0.4, 0.5) is 0 Å². The minimum Gasteiger partial charge on any atom is -0.457 e. The fourth-order valence-corrected chi connectivity index (χ4v) is 2.44. The predicted molar refractivity (Wildman–Crippen MR) is 79.4 cm³/mol. The van der Waals surface area contributed by atoms with Gasteiger partial charge in [0.25, 0.3) is 0 Å². The van der Waals surface area contributed by atoms with Gasteiger partial charge in [-0.15, -0.1) is 0 Å². The Morgan fingerprint density at radius 3 is 2.85 bits per heavy atom. The van der Waals surface area contributed by atoms with Crippen LogP contribution in [0.5, 0.6) is 0 Å². The molecule has 3 rings (SSSR count). The van der Waals surface area contributed by atoms with Crippen LogP contribution in [0.2, 0.25) is 5.02 Å². The molecule has 3 aromatic rings. The van der Waals surface area contributed by atoms with Gasteiger partial charge in [0.1, 0.15) is 11.8 Å². The number of aromatic nitrogens is 1. The molecule has 0 amide bonds. The highest BCUT2D eigenvalue weighted by molar-refractivity contribution is 6.34. The van der Waals surface area contributed by atoms with E-state index in [-0.39, 0.29) is 6.04 Å². The fourth-order valence-electron chi connectivity index (χ4n) is 2.22. The van der Waals surface area contributed by atoms with Gasteiger partial charge in [-0.05, 0) is 36.8 Å². The first-order valence-corrected chi connectivity index (χ1v) is 6.63. The normalized spacial score (nSPS) is 12.8. The van der Waals surface area contributed by atoms with Crippen LogP contribution >= 0.6 is 11.6 Å². The molecule has 0 fully saturated rings. The molecule has 4 nitrogen and oxygen atoms in total. The number of pyridine rings is 1. The zero-order chi connectivity index (χ0) is 14.1. The van der Waals surface area contributed by atoms with Gasteiger partial charge < -0.3 is 4.42 Å². The number of rotatable bonds is 3. The van der Waals surface area contributed by atoms with E-state index >= 15 is 0 Å². The standard InChI is InChI=1S/C15H14ClN3O/c1-9-5-6-18-12(7-9)14(19-17)13-8-10-3-2-4-11(16)15(10)20-13/h2-8,14,19H,17H2,1H3. The minimum absolute atomic E-state index is 0.307. The highest BCUT2D eigenvalue weighted by Crippen LogP contribution is 2.31. The lowest BCUT2D eigenvalue weighted by atomic mass is 10.1. The Bertz CT molecular complexity index is 754.